The molecule has 0 bridgehead atoms. The lowest BCUT2D eigenvalue weighted by molar-refractivity contribution is -0.131. The molecule has 0 saturated carbocycles. The Morgan fingerprint density at radius 1 is 1.04 bits per heavy atom. The average Bonchev–Trinajstić information content (AvgIpc) is 3.19. The van der Waals surface area contributed by atoms with E-state index in [1.807, 2.05) is 35.2 Å². The average molecular weight is 378 g/mol. The third-order valence-corrected chi connectivity index (χ3v) is 4.89. The molecular weight excluding hydrogens is 356 g/mol. The van der Waals surface area contributed by atoms with E-state index in [0.29, 0.717) is 50.3 Å². The number of hydrogen-bond donors (Lipinski definition) is 0. The van der Waals surface area contributed by atoms with Gasteiger partial charge in [0.2, 0.25) is 23.6 Å². The van der Waals surface area contributed by atoms with Crippen molar-refractivity contribution in [2.45, 2.75) is 19.3 Å². The highest BCUT2D eigenvalue weighted by molar-refractivity contribution is 5.78. The zero-order chi connectivity index (χ0) is 19.3. The summed E-state index contributed by atoms with van der Waals surface area (Å²) in [7, 11) is 0. The van der Waals surface area contributed by atoms with Gasteiger partial charge in [-0.15, -0.1) is 10.2 Å². The first-order valence-corrected chi connectivity index (χ1v) is 9.35. The van der Waals surface area contributed by atoms with E-state index < -0.39 is 0 Å². The zero-order valence-corrected chi connectivity index (χ0v) is 15.7. The van der Waals surface area contributed by atoms with Gasteiger partial charge in [-0.05, 0) is 11.6 Å². The molecule has 144 valence electrons. The Bertz CT molecular complexity index is 907. The molecule has 3 heterocycles. The second-order valence-electron chi connectivity index (χ2n) is 6.74. The first-order valence-electron chi connectivity index (χ1n) is 9.35. The van der Waals surface area contributed by atoms with Gasteiger partial charge in [-0.3, -0.25) is 4.79 Å². The van der Waals surface area contributed by atoms with Crippen LogP contribution < -0.4 is 4.90 Å². The second kappa shape index (κ2) is 8.16. The fraction of sp³-hybridized carbons (Fsp3) is 0.350. The maximum absolute atomic E-state index is 13.0. The monoisotopic (exact) mass is 378 g/mol. The summed E-state index contributed by atoms with van der Waals surface area (Å²) in [6, 6.07) is 11.6. The van der Waals surface area contributed by atoms with Gasteiger partial charge in [0.15, 0.2) is 0 Å². The van der Waals surface area contributed by atoms with Crippen LogP contribution >= 0.6 is 0 Å². The number of carbonyl (C=O) groups is 1. The van der Waals surface area contributed by atoms with Crippen LogP contribution in [0.2, 0.25) is 0 Å². The van der Waals surface area contributed by atoms with E-state index in [1.54, 1.807) is 25.4 Å². The zero-order valence-electron chi connectivity index (χ0n) is 15.7. The first kappa shape index (κ1) is 18.1. The molecule has 0 spiro atoms. The lowest BCUT2D eigenvalue weighted by Gasteiger charge is -2.35. The number of hydrogen-bond acceptors (Lipinski definition) is 7. The number of aromatic nitrogens is 4. The molecule has 0 N–H and O–H groups in total. The standard InChI is InChI=1S/C20H22N6O2/c1-15-23-24-19(28-15)17(16-6-3-2-4-7-16)14-18(27)25-10-12-26(13-11-25)20-21-8-5-9-22-20/h2-9,17H,10-14H2,1H3. The van der Waals surface area contributed by atoms with Crippen molar-refractivity contribution in [3.05, 3.63) is 66.1 Å². The topological polar surface area (TPSA) is 88.3 Å². The van der Waals surface area contributed by atoms with Crippen molar-refractivity contribution in [2.24, 2.45) is 0 Å². The highest BCUT2D eigenvalue weighted by Gasteiger charge is 2.28. The Morgan fingerprint density at radius 3 is 2.39 bits per heavy atom. The lowest BCUT2D eigenvalue weighted by Crippen LogP contribution is -2.49. The van der Waals surface area contributed by atoms with Crippen LogP contribution in [0.1, 0.15) is 29.7 Å². The van der Waals surface area contributed by atoms with Gasteiger partial charge < -0.3 is 14.2 Å². The van der Waals surface area contributed by atoms with Crippen molar-refractivity contribution < 1.29 is 9.21 Å². The highest BCUT2D eigenvalue weighted by Crippen LogP contribution is 2.28. The van der Waals surface area contributed by atoms with Crippen molar-refractivity contribution in [3.63, 3.8) is 0 Å². The van der Waals surface area contributed by atoms with Crippen LogP contribution in [0, 0.1) is 6.92 Å². The third kappa shape index (κ3) is 4.00. The van der Waals surface area contributed by atoms with Gasteiger partial charge in [-0.2, -0.15) is 0 Å². The van der Waals surface area contributed by atoms with Crippen LogP contribution in [0.25, 0.3) is 0 Å². The number of benzene rings is 1. The summed E-state index contributed by atoms with van der Waals surface area (Å²) >= 11 is 0. The van der Waals surface area contributed by atoms with Crippen molar-refractivity contribution in [2.75, 3.05) is 31.1 Å². The third-order valence-electron chi connectivity index (χ3n) is 4.89. The highest BCUT2D eigenvalue weighted by atomic mass is 16.4. The Balaban J connectivity index is 1.44. The SMILES string of the molecule is Cc1nnc(C(CC(=O)N2CCN(c3ncccn3)CC2)c2ccccc2)o1. The van der Waals surface area contributed by atoms with E-state index in [1.165, 1.54) is 0 Å². The summed E-state index contributed by atoms with van der Waals surface area (Å²) in [5, 5.41) is 8.09. The fourth-order valence-electron chi connectivity index (χ4n) is 3.40. The quantitative estimate of drug-likeness (QED) is 0.671. The molecule has 3 aromatic rings. The number of anilines is 1. The van der Waals surface area contributed by atoms with Crippen LogP contribution in [0.15, 0.2) is 53.2 Å². The van der Waals surface area contributed by atoms with Gasteiger partial charge in [0, 0.05) is 51.9 Å². The molecule has 1 aliphatic heterocycles. The number of rotatable bonds is 5. The molecule has 1 amide bonds. The van der Waals surface area contributed by atoms with E-state index in [-0.39, 0.29) is 11.8 Å². The molecule has 28 heavy (non-hydrogen) atoms. The number of nitrogens with zero attached hydrogens (tertiary/aromatic N) is 6. The Hall–Kier alpha value is -3.29. The lowest BCUT2D eigenvalue weighted by atomic mass is 9.95. The van der Waals surface area contributed by atoms with Gasteiger partial charge in [-0.25, -0.2) is 9.97 Å². The normalized spacial score (nSPS) is 15.5. The van der Waals surface area contributed by atoms with Crippen LogP contribution in [-0.2, 0) is 4.79 Å². The summed E-state index contributed by atoms with van der Waals surface area (Å²) in [5.74, 6) is 1.52. The van der Waals surface area contributed by atoms with E-state index >= 15 is 0 Å². The molecule has 0 aliphatic carbocycles. The molecule has 1 atom stereocenters. The number of carbonyl (C=O) groups excluding carboxylic acids is 1. The van der Waals surface area contributed by atoms with Crippen LogP contribution in [0.3, 0.4) is 0 Å². The molecule has 1 unspecified atom stereocenters. The minimum Gasteiger partial charge on any atom is -0.425 e. The predicted molar refractivity (Wildman–Crippen MR) is 103 cm³/mol. The maximum atomic E-state index is 13.0. The summed E-state index contributed by atoms with van der Waals surface area (Å²) in [6.45, 7) is 4.46. The molecule has 1 saturated heterocycles. The summed E-state index contributed by atoms with van der Waals surface area (Å²) < 4.78 is 5.65. The minimum atomic E-state index is -0.245. The molecule has 1 aliphatic rings. The minimum absolute atomic E-state index is 0.0818. The van der Waals surface area contributed by atoms with E-state index in [4.69, 9.17) is 4.42 Å². The molecular formula is C20H22N6O2. The van der Waals surface area contributed by atoms with E-state index in [9.17, 15) is 4.79 Å². The summed E-state index contributed by atoms with van der Waals surface area (Å²) in [5.41, 5.74) is 0.996. The summed E-state index contributed by atoms with van der Waals surface area (Å²) in [4.78, 5) is 25.5. The molecule has 1 fully saturated rings. The molecule has 8 nitrogen and oxygen atoms in total. The smallest absolute Gasteiger partial charge is 0.225 e. The van der Waals surface area contributed by atoms with Gasteiger partial charge in [-0.1, -0.05) is 30.3 Å². The maximum Gasteiger partial charge on any atom is 0.225 e. The number of amides is 1. The van der Waals surface area contributed by atoms with Crippen LogP contribution in [0.5, 0.6) is 0 Å². The Kier molecular flexibility index (Phi) is 5.27. The van der Waals surface area contributed by atoms with Gasteiger partial charge in [0.1, 0.15) is 0 Å². The predicted octanol–water partition coefficient (Wildman–Crippen LogP) is 2.04. The van der Waals surface area contributed by atoms with E-state index in [0.717, 1.165) is 5.56 Å². The second-order valence-corrected chi connectivity index (χ2v) is 6.74. The molecule has 2 aromatic heterocycles. The number of aryl methyl sites for hydroxylation is 1. The molecule has 8 heteroatoms. The van der Waals surface area contributed by atoms with Crippen molar-refractivity contribution in [3.8, 4) is 0 Å². The Morgan fingerprint density at radius 2 is 1.75 bits per heavy atom. The summed E-state index contributed by atoms with van der Waals surface area (Å²) in [6.07, 6.45) is 3.76. The van der Waals surface area contributed by atoms with Gasteiger partial charge >= 0.3 is 0 Å². The van der Waals surface area contributed by atoms with Gasteiger partial charge in [0.25, 0.3) is 0 Å². The fourth-order valence-corrected chi connectivity index (χ4v) is 3.40. The molecule has 0 radical (unpaired) electrons. The Labute approximate surface area is 163 Å². The van der Waals surface area contributed by atoms with Crippen LogP contribution in [-0.4, -0.2) is 57.2 Å². The molecule has 1 aromatic carbocycles. The molecule has 4 rings (SSSR count). The first-order chi connectivity index (χ1) is 13.7. The van der Waals surface area contributed by atoms with Crippen molar-refractivity contribution >= 4 is 11.9 Å². The van der Waals surface area contributed by atoms with Crippen molar-refractivity contribution in [1.82, 2.24) is 25.1 Å². The number of piperazine rings is 1. The largest absolute Gasteiger partial charge is 0.425 e. The van der Waals surface area contributed by atoms with Crippen molar-refractivity contribution in [1.29, 1.82) is 0 Å². The van der Waals surface area contributed by atoms with Gasteiger partial charge in [0.05, 0.1) is 5.92 Å². The van der Waals surface area contributed by atoms with Crippen LogP contribution in [0.4, 0.5) is 5.95 Å². The van der Waals surface area contributed by atoms with E-state index in [2.05, 4.69) is 25.1 Å².